The van der Waals surface area contributed by atoms with Crippen molar-refractivity contribution in [1.29, 1.82) is 0 Å². The number of nitrogens with one attached hydrogen (secondary N) is 4. The molecular weight excluding hydrogens is 918 g/mol. The summed E-state index contributed by atoms with van der Waals surface area (Å²) in [5.41, 5.74) is 3.32. The highest BCUT2D eigenvalue weighted by Crippen LogP contribution is 2.31. The minimum Gasteiger partial charge on any atom is -0.476 e. The normalized spacial score (nSPS) is 12.0. The quantitative estimate of drug-likeness (QED) is 0.0379. The van der Waals surface area contributed by atoms with Crippen LogP contribution in [0.4, 0.5) is 34.1 Å². The summed E-state index contributed by atoms with van der Waals surface area (Å²) in [7, 11) is 0. The van der Waals surface area contributed by atoms with Crippen LogP contribution in [0.1, 0.15) is 45.7 Å². The van der Waals surface area contributed by atoms with E-state index in [1.165, 1.54) is 54.6 Å². The molecule has 0 fully saturated rings. The molecule has 0 saturated heterocycles. The van der Waals surface area contributed by atoms with Gasteiger partial charge in [0.05, 0.1) is 15.7 Å². The number of halogens is 5. The number of alkyl halides is 3. The average molecular weight is 953 g/mol. The van der Waals surface area contributed by atoms with E-state index in [-0.39, 0.29) is 55.7 Å². The first kappa shape index (κ1) is 47.8. The van der Waals surface area contributed by atoms with Crippen LogP contribution in [0.15, 0.2) is 124 Å². The molecule has 0 spiro atoms. The van der Waals surface area contributed by atoms with Crippen LogP contribution in [-0.4, -0.2) is 53.3 Å². The molecule has 2 atom stereocenters. The first-order valence-electron chi connectivity index (χ1n) is 18.5. The van der Waals surface area contributed by atoms with Gasteiger partial charge in [-0.15, -0.1) is 23.2 Å². The fraction of sp³-hybridized carbons (Fsp3) is 0.163. The Morgan fingerprint density at radius 2 is 0.968 bits per heavy atom. The minimum absolute atomic E-state index is 0.0142. The summed E-state index contributed by atoms with van der Waals surface area (Å²) in [5, 5.41) is 26.7. The van der Waals surface area contributed by atoms with Crippen molar-refractivity contribution in [3.8, 4) is 5.75 Å². The van der Waals surface area contributed by atoms with E-state index in [1.54, 1.807) is 48.5 Å². The third-order valence-corrected chi connectivity index (χ3v) is 10.1. The van der Waals surface area contributed by atoms with Crippen LogP contribution in [0, 0.1) is 0 Å². The second-order valence-corrected chi connectivity index (χ2v) is 14.9. The van der Waals surface area contributed by atoms with E-state index in [0.29, 0.717) is 23.1 Å². The van der Waals surface area contributed by atoms with Crippen molar-refractivity contribution in [1.82, 2.24) is 0 Å². The standard InChI is InChI=1S/C43H35Cl5N8O7/c1-23(57)38(55-53-35-17-27(7-14-32(35)47)40(59)49-29-9-3-25(20-44)4-10-29)42(61)51-31-13-16-34(37(19-31)63-22-46)52-43(62)39(24(2)58)56-54-36-18-28(8-15-33(36)48)41(60)50-30-11-5-26(21-45)6-12-30/h3-19,38-39H,20-22H2,1-2H3,(H,49,59)(H,50,60)(H,51,61)(H,52,62). The highest BCUT2D eigenvalue weighted by molar-refractivity contribution is 6.33. The smallest absolute Gasteiger partial charge is 0.258 e. The molecule has 0 radical (unpaired) electrons. The molecule has 0 aliphatic carbocycles. The van der Waals surface area contributed by atoms with Gasteiger partial charge >= 0.3 is 0 Å². The molecule has 15 nitrogen and oxygen atoms in total. The van der Waals surface area contributed by atoms with Crippen LogP contribution in [0.5, 0.6) is 5.75 Å². The van der Waals surface area contributed by atoms with Crippen LogP contribution in [0.3, 0.4) is 0 Å². The summed E-state index contributed by atoms with van der Waals surface area (Å²) in [6.07, 6.45) is 0. The number of amides is 4. The molecule has 0 aliphatic heterocycles. The number of ketones is 2. The number of hydrogen-bond donors (Lipinski definition) is 4. The molecule has 5 rings (SSSR count). The summed E-state index contributed by atoms with van der Waals surface area (Å²) >= 11 is 30.2. The predicted molar refractivity (Wildman–Crippen MR) is 244 cm³/mol. The summed E-state index contributed by atoms with van der Waals surface area (Å²) in [6, 6.07) is 22.7. The molecule has 324 valence electrons. The van der Waals surface area contributed by atoms with Crippen molar-refractivity contribution >= 4 is 127 Å². The van der Waals surface area contributed by atoms with Gasteiger partial charge in [0.1, 0.15) is 17.1 Å². The fourth-order valence-electron chi connectivity index (χ4n) is 5.39. The van der Waals surface area contributed by atoms with Gasteiger partial charge in [-0.1, -0.05) is 59.1 Å². The summed E-state index contributed by atoms with van der Waals surface area (Å²) < 4.78 is 5.48. The maximum Gasteiger partial charge on any atom is 0.258 e. The van der Waals surface area contributed by atoms with E-state index < -0.39 is 47.3 Å². The number of benzene rings is 5. The van der Waals surface area contributed by atoms with Crippen LogP contribution in [0.25, 0.3) is 0 Å². The second-order valence-electron chi connectivity index (χ2n) is 13.3. The van der Waals surface area contributed by atoms with Crippen molar-refractivity contribution in [3.63, 3.8) is 0 Å². The number of rotatable bonds is 18. The molecule has 0 aliphatic rings. The van der Waals surface area contributed by atoms with Gasteiger partial charge in [0.2, 0.25) is 12.1 Å². The van der Waals surface area contributed by atoms with Crippen molar-refractivity contribution in [2.75, 3.05) is 27.3 Å². The summed E-state index contributed by atoms with van der Waals surface area (Å²) in [6.45, 7) is 2.27. The van der Waals surface area contributed by atoms with Gasteiger partial charge < -0.3 is 26.0 Å². The monoisotopic (exact) mass is 950 g/mol. The molecule has 4 amide bonds. The second kappa shape index (κ2) is 22.7. The Kier molecular flexibility index (Phi) is 17.3. The largest absolute Gasteiger partial charge is 0.476 e. The molecule has 5 aromatic rings. The van der Waals surface area contributed by atoms with E-state index in [4.69, 9.17) is 62.7 Å². The maximum atomic E-state index is 13.4. The van der Waals surface area contributed by atoms with Gasteiger partial charge in [-0.3, -0.25) is 28.8 Å². The Balaban J connectivity index is 1.27. The molecule has 0 aromatic heterocycles. The lowest BCUT2D eigenvalue weighted by Gasteiger charge is -2.15. The lowest BCUT2D eigenvalue weighted by Crippen LogP contribution is -2.32. The summed E-state index contributed by atoms with van der Waals surface area (Å²) in [4.78, 5) is 77.8. The molecule has 0 bridgehead atoms. The van der Waals surface area contributed by atoms with Gasteiger partial charge in [-0.25, -0.2) is 0 Å². The van der Waals surface area contributed by atoms with Crippen molar-refractivity contribution in [3.05, 3.63) is 135 Å². The third kappa shape index (κ3) is 13.4. The van der Waals surface area contributed by atoms with Crippen molar-refractivity contribution in [2.45, 2.75) is 37.7 Å². The van der Waals surface area contributed by atoms with Crippen molar-refractivity contribution in [2.24, 2.45) is 20.5 Å². The molecule has 2 unspecified atom stereocenters. The molecular formula is C43H35Cl5N8O7. The van der Waals surface area contributed by atoms with Gasteiger partial charge in [-0.2, -0.15) is 20.5 Å². The zero-order valence-electron chi connectivity index (χ0n) is 33.1. The highest BCUT2D eigenvalue weighted by Gasteiger charge is 2.26. The highest BCUT2D eigenvalue weighted by atomic mass is 35.5. The van der Waals surface area contributed by atoms with Crippen LogP contribution in [0.2, 0.25) is 10.0 Å². The molecule has 20 heteroatoms. The van der Waals surface area contributed by atoms with Gasteiger partial charge in [0, 0.05) is 46.0 Å². The lowest BCUT2D eigenvalue weighted by atomic mass is 10.1. The Morgan fingerprint density at radius 3 is 1.38 bits per heavy atom. The molecule has 5 aromatic carbocycles. The van der Waals surface area contributed by atoms with Crippen LogP contribution < -0.4 is 26.0 Å². The number of azo groups is 2. The average Bonchev–Trinajstić information content (AvgIpc) is 3.26. The number of hydrogen-bond acceptors (Lipinski definition) is 11. The number of Topliss-reactive ketones (excluding diaryl/α,β-unsaturated/α-hetero) is 2. The van der Waals surface area contributed by atoms with E-state index in [9.17, 15) is 28.8 Å². The Hall–Kier alpha value is -6.23. The van der Waals surface area contributed by atoms with Crippen LogP contribution in [-0.2, 0) is 30.9 Å². The van der Waals surface area contributed by atoms with Gasteiger partial charge in [0.25, 0.3) is 23.6 Å². The lowest BCUT2D eigenvalue weighted by molar-refractivity contribution is -0.127. The first-order chi connectivity index (χ1) is 30.2. The minimum atomic E-state index is -1.67. The number of ether oxygens (including phenoxy) is 1. The fourth-order valence-corrected chi connectivity index (χ4v) is 6.18. The molecule has 63 heavy (non-hydrogen) atoms. The van der Waals surface area contributed by atoms with Crippen LogP contribution >= 0.6 is 58.0 Å². The Bertz CT molecular complexity index is 2590. The maximum absolute atomic E-state index is 13.4. The number of carbonyl (C=O) groups excluding carboxylic acids is 6. The van der Waals surface area contributed by atoms with E-state index in [2.05, 4.69) is 41.7 Å². The predicted octanol–water partition coefficient (Wildman–Crippen LogP) is 10.9. The van der Waals surface area contributed by atoms with E-state index in [0.717, 1.165) is 25.0 Å². The summed E-state index contributed by atoms with van der Waals surface area (Å²) in [5.74, 6) is -3.49. The SMILES string of the molecule is CC(=O)C(N=Nc1cc(C(=O)Nc2ccc(CCl)cc2)ccc1Cl)C(=O)Nc1ccc(NC(=O)C(N=Nc2cc(C(=O)Nc3ccc(CCl)cc3)ccc2Cl)C(C)=O)c(OCCl)c1. The Labute approximate surface area is 385 Å². The zero-order chi connectivity index (χ0) is 45.6. The van der Waals surface area contributed by atoms with Crippen molar-refractivity contribution < 1.29 is 33.5 Å². The topological polar surface area (TPSA) is 209 Å². The van der Waals surface area contributed by atoms with E-state index >= 15 is 0 Å². The number of anilines is 4. The number of nitrogens with zero attached hydrogens (tertiary/aromatic N) is 4. The van der Waals surface area contributed by atoms with Gasteiger partial charge in [-0.05, 0) is 97.8 Å². The molecule has 0 saturated carbocycles. The first-order valence-corrected chi connectivity index (χ1v) is 20.8. The third-order valence-electron chi connectivity index (χ3n) is 8.69. The Morgan fingerprint density at radius 1 is 0.540 bits per heavy atom. The number of carbonyl (C=O) groups is 6. The molecule has 0 heterocycles. The zero-order valence-corrected chi connectivity index (χ0v) is 36.9. The van der Waals surface area contributed by atoms with E-state index in [1.807, 2.05) is 0 Å². The van der Waals surface area contributed by atoms with Gasteiger partial charge in [0.15, 0.2) is 17.6 Å². The molecule has 4 N–H and O–H groups in total.